The van der Waals surface area contributed by atoms with Crippen LogP contribution in [0, 0.1) is 30.6 Å². The summed E-state index contributed by atoms with van der Waals surface area (Å²) in [4.78, 5) is 5.09. The highest BCUT2D eigenvalue weighted by Crippen LogP contribution is 2.46. The Kier molecular flexibility index (Phi) is 6.46. The number of allylic oxidation sites excluding steroid dienone is 6. The average molecular weight is 388 g/mol. The van der Waals surface area contributed by atoms with Crippen LogP contribution in [-0.4, -0.2) is 11.8 Å². The minimum absolute atomic E-state index is 0.0595. The van der Waals surface area contributed by atoms with Gasteiger partial charge in [0.1, 0.15) is 0 Å². The normalized spacial score (nSPS) is 30.3. The molecule has 1 aliphatic heterocycles. The molecule has 0 spiro atoms. The van der Waals surface area contributed by atoms with E-state index >= 15 is 0 Å². The smallest absolute Gasteiger partial charge is 0.0672 e. The molecule has 0 fully saturated rings. The van der Waals surface area contributed by atoms with E-state index in [0.29, 0.717) is 23.7 Å². The van der Waals surface area contributed by atoms with E-state index in [4.69, 9.17) is 4.99 Å². The monoisotopic (exact) mass is 387 g/mol. The number of aryl methyl sites for hydroxylation is 1. The molecule has 1 aromatic carbocycles. The standard InChI is InChI=1S/C28H37N/c1-19-12-14-25(15-13-19)17-27(28(7)24(6)23(5)18-29-28)22(4)16-21(3)26-11-9-8-10-20(26)2/h8-14,16,18,23-25,27H,3,15,17H2,1-2,4-7H3/b22-16+. The van der Waals surface area contributed by atoms with Gasteiger partial charge in [0.15, 0.2) is 0 Å². The second-order valence-corrected chi connectivity index (χ2v) is 9.47. The molecular formula is C28H37N. The molecular weight excluding hydrogens is 350 g/mol. The molecule has 5 unspecified atom stereocenters. The third kappa shape index (κ3) is 4.55. The molecule has 0 amide bonds. The highest BCUT2D eigenvalue weighted by molar-refractivity contribution is 5.75. The van der Waals surface area contributed by atoms with Crippen molar-refractivity contribution < 1.29 is 0 Å². The highest BCUT2D eigenvalue weighted by Gasteiger charge is 2.45. The van der Waals surface area contributed by atoms with Crippen LogP contribution in [0.15, 0.2) is 71.3 Å². The molecule has 29 heavy (non-hydrogen) atoms. The van der Waals surface area contributed by atoms with Crippen molar-refractivity contribution >= 4 is 11.8 Å². The van der Waals surface area contributed by atoms with E-state index in [1.807, 2.05) is 0 Å². The lowest BCUT2D eigenvalue weighted by atomic mass is 9.67. The fraction of sp³-hybridized carbons (Fsp3) is 0.464. The van der Waals surface area contributed by atoms with Crippen molar-refractivity contribution in [2.75, 3.05) is 0 Å². The maximum Gasteiger partial charge on any atom is 0.0672 e. The molecule has 0 N–H and O–H groups in total. The Morgan fingerprint density at radius 1 is 1.28 bits per heavy atom. The van der Waals surface area contributed by atoms with E-state index in [1.54, 1.807) is 0 Å². The van der Waals surface area contributed by atoms with E-state index in [2.05, 4.69) is 103 Å². The molecule has 0 aromatic heterocycles. The van der Waals surface area contributed by atoms with Gasteiger partial charge < -0.3 is 0 Å². The van der Waals surface area contributed by atoms with Crippen LogP contribution in [-0.2, 0) is 0 Å². The quantitative estimate of drug-likeness (QED) is 0.446. The lowest BCUT2D eigenvalue weighted by molar-refractivity contribution is 0.209. The van der Waals surface area contributed by atoms with Crippen molar-refractivity contribution in [3.63, 3.8) is 0 Å². The molecule has 5 atom stereocenters. The van der Waals surface area contributed by atoms with Crippen molar-refractivity contribution in [2.24, 2.45) is 28.7 Å². The maximum absolute atomic E-state index is 5.09. The topological polar surface area (TPSA) is 12.4 Å². The van der Waals surface area contributed by atoms with Crippen LogP contribution in [0.3, 0.4) is 0 Å². The Hall–Kier alpha value is -2.15. The Labute approximate surface area is 178 Å². The summed E-state index contributed by atoms with van der Waals surface area (Å²) < 4.78 is 0. The molecule has 154 valence electrons. The number of benzene rings is 1. The fourth-order valence-electron chi connectivity index (χ4n) is 4.99. The molecule has 3 rings (SSSR count). The van der Waals surface area contributed by atoms with E-state index in [1.165, 1.54) is 22.3 Å². The van der Waals surface area contributed by atoms with E-state index in [0.717, 1.165) is 18.4 Å². The van der Waals surface area contributed by atoms with Gasteiger partial charge in [-0.15, -0.1) is 0 Å². The lowest BCUT2D eigenvalue weighted by Crippen LogP contribution is -2.40. The predicted octanol–water partition coefficient (Wildman–Crippen LogP) is 7.60. The zero-order valence-corrected chi connectivity index (χ0v) is 19.1. The zero-order chi connectivity index (χ0) is 21.2. The van der Waals surface area contributed by atoms with Crippen molar-refractivity contribution in [1.82, 2.24) is 0 Å². The zero-order valence-electron chi connectivity index (χ0n) is 19.1. The van der Waals surface area contributed by atoms with Crippen LogP contribution in [0.4, 0.5) is 0 Å². The van der Waals surface area contributed by atoms with Gasteiger partial charge in [-0.3, -0.25) is 4.99 Å². The molecule has 0 radical (unpaired) electrons. The van der Waals surface area contributed by atoms with Gasteiger partial charge in [0, 0.05) is 12.1 Å². The Balaban J connectivity index is 1.92. The second kappa shape index (κ2) is 8.69. The number of rotatable bonds is 6. The second-order valence-electron chi connectivity index (χ2n) is 9.47. The fourth-order valence-corrected chi connectivity index (χ4v) is 4.99. The third-order valence-corrected chi connectivity index (χ3v) is 7.36. The number of aliphatic imine (C=N–C) groups is 1. The molecule has 1 aliphatic carbocycles. The summed E-state index contributed by atoms with van der Waals surface area (Å²) in [5, 5.41) is 0. The summed E-state index contributed by atoms with van der Waals surface area (Å²) in [5.41, 5.74) is 6.34. The van der Waals surface area contributed by atoms with Gasteiger partial charge in [0.2, 0.25) is 0 Å². The predicted molar refractivity (Wildman–Crippen MR) is 128 cm³/mol. The number of hydrogen-bond acceptors (Lipinski definition) is 1. The number of nitrogens with zero attached hydrogens (tertiary/aromatic N) is 1. The van der Waals surface area contributed by atoms with Crippen molar-refractivity contribution in [3.8, 4) is 0 Å². The van der Waals surface area contributed by atoms with Crippen LogP contribution < -0.4 is 0 Å². The van der Waals surface area contributed by atoms with Crippen LogP contribution in [0.2, 0.25) is 0 Å². The van der Waals surface area contributed by atoms with E-state index in [-0.39, 0.29) is 5.54 Å². The summed E-state index contributed by atoms with van der Waals surface area (Å²) in [6.45, 7) is 18.1. The van der Waals surface area contributed by atoms with E-state index in [9.17, 15) is 0 Å². The van der Waals surface area contributed by atoms with Crippen LogP contribution in [0.25, 0.3) is 5.57 Å². The summed E-state index contributed by atoms with van der Waals surface area (Å²) in [6, 6.07) is 8.53. The van der Waals surface area contributed by atoms with E-state index < -0.39 is 0 Å². The highest BCUT2D eigenvalue weighted by atomic mass is 14.9. The first-order valence-electron chi connectivity index (χ1n) is 11.1. The molecule has 0 saturated heterocycles. The summed E-state index contributed by atoms with van der Waals surface area (Å²) in [5.74, 6) is 2.04. The molecule has 1 nitrogen and oxygen atoms in total. The van der Waals surface area contributed by atoms with Crippen molar-refractivity contribution in [2.45, 2.75) is 59.9 Å². The molecule has 1 heterocycles. The number of hydrogen-bond donors (Lipinski definition) is 0. The van der Waals surface area contributed by atoms with Gasteiger partial charge in [-0.05, 0) is 75.0 Å². The molecule has 0 saturated carbocycles. The van der Waals surface area contributed by atoms with Crippen LogP contribution in [0.5, 0.6) is 0 Å². The van der Waals surface area contributed by atoms with Gasteiger partial charge >= 0.3 is 0 Å². The van der Waals surface area contributed by atoms with Crippen molar-refractivity contribution in [3.05, 3.63) is 77.4 Å². The molecule has 1 aromatic rings. The summed E-state index contributed by atoms with van der Waals surface area (Å²) >= 11 is 0. The molecule has 1 heteroatoms. The van der Waals surface area contributed by atoms with Crippen LogP contribution >= 0.6 is 0 Å². The van der Waals surface area contributed by atoms with Gasteiger partial charge in [-0.25, -0.2) is 0 Å². The Bertz CT molecular complexity index is 881. The third-order valence-electron chi connectivity index (χ3n) is 7.36. The average Bonchev–Trinajstić information content (AvgIpc) is 2.96. The maximum atomic E-state index is 5.09. The van der Waals surface area contributed by atoms with Gasteiger partial charge in [-0.1, -0.05) is 80.1 Å². The summed E-state index contributed by atoms with van der Waals surface area (Å²) in [6.07, 6.45) is 13.8. The minimum Gasteiger partial charge on any atom is -0.290 e. The largest absolute Gasteiger partial charge is 0.290 e. The van der Waals surface area contributed by atoms with Gasteiger partial charge in [-0.2, -0.15) is 0 Å². The molecule has 0 bridgehead atoms. The Morgan fingerprint density at radius 2 is 2.00 bits per heavy atom. The molecule has 2 aliphatic rings. The first-order valence-corrected chi connectivity index (χ1v) is 11.1. The SMILES string of the molecule is C=C(/C=C(\C)C(CC1C=CC(C)=CC1)C1(C)N=CC(C)C1C)c1ccccc1C. The van der Waals surface area contributed by atoms with Crippen LogP contribution in [0.1, 0.15) is 58.6 Å². The van der Waals surface area contributed by atoms with Gasteiger partial charge in [0.25, 0.3) is 0 Å². The van der Waals surface area contributed by atoms with Gasteiger partial charge in [0.05, 0.1) is 5.54 Å². The van der Waals surface area contributed by atoms with Crippen molar-refractivity contribution in [1.29, 1.82) is 0 Å². The first kappa shape index (κ1) is 21.6. The first-order chi connectivity index (χ1) is 13.7. The summed E-state index contributed by atoms with van der Waals surface area (Å²) in [7, 11) is 0. The minimum atomic E-state index is -0.0595. The Morgan fingerprint density at radius 3 is 2.59 bits per heavy atom. The lowest BCUT2D eigenvalue weighted by Gasteiger charge is -2.39.